The van der Waals surface area contributed by atoms with Gasteiger partial charge in [-0.15, -0.1) is 0 Å². The van der Waals surface area contributed by atoms with Crippen molar-refractivity contribution in [2.24, 2.45) is 11.7 Å². The first-order chi connectivity index (χ1) is 13.4. The number of primary amides is 1. The van der Waals surface area contributed by atoms with Crippen molar-refractivity contribution in [3.05, 3.63) is 65.7 Å². The Hall–Kier alpha value is -2.96. The molecule has 0 radical (unpaired) electrons. The number of hydrogen-bond donors (Lipinski definition) is 1. The van der Waals surface area contributed by atoms with Crippen molar-refractivity contribution < 1.29 is 23.1 Å². The minimum Gasteiger partial charge on any atom is -0.490 e. The Bertz CT molecular complexity index is 825. The molecule has 0 aromatic heterocycles. The standard InChI is InChI=1S/C21H22F2N2O3/c22-16-3-1-14(2-4-16)11-21(27)25-10-9-19(15(13-25)12-20(24)26)28-18-7-5-17(23)6-8-18/h1-8,15,19H,9-13H2,(H2,24,26)/t15-,19-/m0/s1. The van der Waals surface area contributed by atoms with E-state index in [0.717, 1.165) is 5.56 Å². The maximum atomic E-state index is 13.1. The van der Waals surface area contributed by atoms with Gasteiger partial charge in [0.2, 0.25) is 11.8 Å². The van der Waals surface area contributed by atoms with Gasteiger partial charge in [-0.1, -0.05) is 12.1 Å². The molecule has 0 spiro atoms. The first-order valence-electron chi connectivity index (χ1n) is 9.13. The third-order valence-corrected chi connectivity index (χ3v) is 4.85. The largest absolute Gasteiger partial charge is 0.490 e. The van der Waals surface area contributed by atoms with Crippen molar-refractivity contribution in [1.29, 1.82) is 0 Å². The number of nitrogens with zero attached hydrogens (tertiary/aromatic N) is 1. The molecule has 2 atom stereocenters. The zero-order valence-electron chi connectivity index (χ0n) is 15.3. The van der Waals surface area contributed by atoms with Crippen LogP contribution >= 0.6 is 0 Å². The second kappa shape index (κ2) is 8.82. The molecule has 0 saturated carbocycles. The molecule has 0 unspecified atom stereocenters. The number of likely N-dealkylation sites (tertiary alicyclic amines) is 1. The van der Waals surface area contributed by atoms with E-state index >= 15 is 0 Å². The average molecular weight is 388 g/mol. The zero-order valence-corrected chi connectivity index (χ0v) is 15.3. The molecule has 2 aromatic rings. The van der Waals surface area contributed by atoms with Gasteiger partial charge in [-0.3, -0.25) is 9.59 Å². The van der Waals surface area contributed by atoms with Crippen molar-refractivity contribution in [2.75, 3.05) is 13.1 Å². The van der Waals surface area contributed by atoms with Gasteiger partial charge in [0.15, 0.2) is 0 Å². The molecule has 1 saturated heterocycles. The van der Waals surface area contributed by atoms with Crippen LogP contribution in [0.25, 0.3) is 0 Å². The third kappa shape index (κ3) is 5.28. The predicted octanol–water partition coefficient (Wildman–Crippen LogP) is 2.68. The molecule has 1 fully saturated rings. The minimum atomic E-state index is -0.467. The number of carbonyl (C=O) groups is 2. The fourth-order valence-corrected chi connectivity index (χ4v) is 3.42. The van der Waals surface area contributed by atoms with Crippen molar-refractivity contribution in [1.82, 2.24) is 4.90 Å². The summed E-state index contributed by atoms with van der Waals surface area (Å²) in [6.07, 6.45) is 0.483. The quantitative estimate of drug-likeness (QED) is 0.827. The molecule has 7 heteroatoms. The van der Waals surface area contributed by atoms with E-state index < -0.39 is 5.91 Å². The summed E-state index contributed by atoms with van der Waals surface area (Å²) in [5.41, 5.74) is 6.10. The maximum Gasteiger partial charge on any atom is 0.227 e. The third-order valence-electron chi connectivity index (χ3n) is 4.85. The van der Waals surface area contributed by atoms with Crippen LogP contribution in [0.3, 0.4) is 0 Å². The molecule has 148 valence electrons. The van der Waals surface area contributed by atoms with Gasteiger partial charge in [-0.2, -0.15) is 0 Å². The summed E-state index contributed by atoms with van der Waals surface area (Å²) in [6.45, 7) is 0.815. The van der Waals surface area contributed by atoms with Crippen LogP contribution in [0.4, 0.5) is 8.78 Å². The smallest absolute Gasteiger partial charge is 0.227 e. The summed E-state index contributed by atoms with van der Waals surface area (Å²) in [4.78, 5) is 25.8. The van der Waals surface area contributed by atoms with E-state index in [4.69, 9.17) is 10.5 Å². The Morgan fingerprint density at radius 1 is 1.04 bits per heavy atom. The van der Waals surface area contributed by atoms with Gasteiger partial charge in [0.1, 0.15) is 23.5 Å². The number of rotatable bonds is 6. The highest BCUT2D eigenvalue weighted by molar-refractivity contribution is 5.79. The summed E-state index contributed by atoms with van der Waals surface area (Å²) in [5, 5.41) is 0. The average Bonchev–Trinajstić information content (AvgIpc) is 2.66. The van der Waals surface area contributed by atoms with Gasteiger partial charge in [0.05, 0.1) is 6.42 Å². The fraction of sp³-hybridized carbons (Fsp3) is 0.333. The van der Waals surface area contributed by atoms with Gasteiger partial charge < -0.3 is 15.4 Å². The second-order valence-electron chi connectivity index (χ2n) is 6.97. The van der Waals surface area contributed by atoms with Crippen LogP contribution < -0.4 is 10.5 Å². The molecule has 3 rings (SSSR count). The Kier molecular flexibility index (Phi) is 6.23. The monoisotopic (exact) mass is 388 g/mol. The minimum absolute atomic E-state index is 0.0895. The Morgan fingerprint density at radius 2 is 1.64 bits per heavy atom. The topological polar surface area (TPSA) is 72.6 Å². The molecule has 1 aliphatic heterocycles. The van der Waals surface area contributed by atoms with Crippen LogP contribution in [0.2, 0.25) is 0 Å². The number of benzene rings is 2. The Balaban J connectivity index is 1.65. The van der Waals surface area contributed by atoms with Crippen LogP contribution in [0.5, 0.6) is 5.75 Å². The van der Waals surface area contributed by atoms with Gasteiger partial charge in [-0.25, -0.2) is 8.78 Å². The molecule has 1 heterocycles. The zero-order chi connectivity index (χ0) is 20.1. The number of carbonyl (C=O) groups excluding carboxylic acids is 2. The molecule has 5 nitrogen and oxygen atoms in total. The van der Waals surface area contributed by atoms with Gasteiger partial charge in [0, 0.05) is 31.8 Å². The molecule has 0 bridgehead atoms. The molecule has 2 amide bonds. The summed E-state index contributed by atoms with van der Waals surface area (Å²) in [6, 6.07) is 11.5. The fourth-order valence-electron chi connectivity index (χ4n) is 3.42. The lowest BCUT2D eigenvalue weighted by Crippen LogP contribution is -2.49. The van der Waals surface area contributed by atoms with Crippen molar-refractivity contribution >= 4 is 11.8 Å². The number of ether oxygens (including phenoxy) is 1. The highest BCUT2D eigenvalue weighted by Gasteiger charge is 2.33. The number of amides is 2. The van der Waals surface area contributed by atoms with Crippen LogP contribution in [-0.2, 0) is 16.0 Å². The van der Waals surface area contributed by atoms with Crippen LogP contribution in [-0.4, -0.2) is 35.9 Å². The van der Waals surface area contributed by atoms with E-state index in [1.54, 1.807) is 17.0 Å². The van der Waals surface area contributed by atoms with E-state index in [1.807, 2.05) is 0 Å². The molecular weight excluding hydrogens is 366 g/mol. The lowest BCUT2D eigenvalue weighted by molar-refractivity contribution is -0.135. The number of hydrogen-bond acceptors (Lipinski definition) is 3. The molecular formula is C21H22F2N2O3. The van der Waals surface area contributed by atoms with Crippen LogP contribution in [0.15, 0.2) is 48.5 Å². The molecule has 2 N–H and O–H groups in total. The maximum absolute atomic E-state index is 13.1. The van der Waals surface area contributed by atoms with Gasteiger partial charge in [0.25, 0.3) is 0 Å². The lowest BCUT2D eigenvalue weighted by atomic mass is 9.90. The Morgan fingerprint density at radius 3 is 2.25 bits per heavy atom. The van der Waals surface area contributed by atoms with E-state index in [9.17, 15) is 18.4 Å². The summed E-state index contributed by atoms with van der Waals surface area (Å²) >= 11 is 0. The summed E-state index contributed by atoms with van der Waals surface area (Å²) < 4.78 is 32.0. The first-order valence-corrected chi connectivity index (χ1v) is 9.13. The second-order valence-corrected chi connectivity index (χ2v) is 6.97. The van der Waals surface area contributed by atoms with Gasteiger partial charge >= 0.3 is 0 Å². The number of halogens is 2. The Labute approximate surface area is 162 Å². The van der Waals surface area contributed by atoms with E-state index in [-0.39, 0.29) is 42.4 Å². The van der Waals surface area contributed by atoms with Crippen molar-refractivity contribution in [3.63, 3.8) is 0 Å². The first kappa shape index (κ1) is 19.8. The van der Waals surface area contributed by atoms with E-state index in [0.29, 0.717) is 25.3 Å². The number of piperidine rings is 1. The van der Waals surface area contributed by atoms with Crippen molar-refractivity contribution in [2.45, 2.75) is 25.4 Å². The normalized spacial score (nSPS) is 19.3. The van der Waals surface area contributed by atoms with E-state index in [1.165, 1.54) is 36.4 Å². The molecule has 0 aliphatic carbocycles. The SMILES string of the molecule is NC(=O)C[C@H]1CN(C(=O)Cc2ccc(F)cc2)CC[C@@H]1Oc1ccc(F)cc1. The molecule has 2 aromatic carbocycles. The molecule has 28 heavy (non-hydrogen) atoms. The summed E-state index contributed by atoms with van der Waals surface area (Å²) in [5.74, 6) is -1.02. The molecule has 1 aliphatic rings. The number of nitrogens with two attached hydrogens (primary N) is 1. The lowest BCUT2D eigenvalue weighted by Gasteiger charge is -2.38. The van der Waals surface area contributed by atoms with Crippen molar-refractivity contribution in [3.8, 4) is 5.75 Å². The van der Waals surface area contributed by atoms with E-state index in [2.05, 4.69) is 0 Å². The highest BCUT2D eigenvalue weighted by atomic mass is 19.1. The van der Waals surface area contributed by atoms with Crippen LogP contribution in [0.1, 0.15) is 18.4 Å². The summed E-state index contributed by atoms with van der Waals surface area (Å²) in [7, 11) is 0. The van der Waals surface area contributed by atoms with Crippen LogP contribution in [0, 0.1) is 17.6 Å². The predicted molar refractivity (Wildman–Crippen MR) is 99.4 cm³/mol. The van der Waals surface area contributed by atoms with Gasteiger partial charge in [-0.05, 0) is 42.0 Å². The highest BCUT2D eigenvalue weighted by Crippen LogP contribution is 2.26.